The Labute approximate surface area is 205 Å². The molecule has 3 fully saturated rings. The molecule has 192 valence electrons. The zero-order valence-corrected chi connectivity index (χ0v) is 22.1. The number of hydrogen-bond donors (Lipinski definition) is 2. The maximum Gasteiger partial charge on any atom is 0.397 e. The summed E-state index contributed by atoms with van der Waals surface area (Å²) in [6.07, 6.45) is 9.40. The summed E-state index contributed by atoms with van der Waals surface area (Å²) in [5, 5.41) is 11.3. The molecule has 2 N–H and O–H groups in total. The molecule has 0 spiro atoms. The molecule has 0 aromatic heterocycles. The lowest BCUT2D eigenvalue weighted by Crippen LogP contribution is -2.54. The standard InChI is InChI=1S/C27H42O6S/c1-16(2)12-18(28)13-17(3)21-6-7-22-20-15-25(29)24-14-19(33-34(30,31)32)8-10-27(24,5)23(20)9-11-26(21,22)4/h9,12,17,19-22,24-25,29H,6-8,10-11,13-15H2,1-5H3,(H,30,31,32)/t17-,19+,20+,21-,22+,24?,25+,26-,27-/m1/s1. The molecule has 34 heavy (non-hydrogen) atoms. The van der Waals surface area contributed by atoms with Crippen molar-refractivity contribution in [2.24, 2.45) is 40.4 Å². The molecule has 0 bridgehead atoms. The van der Waals surface area contributed by atoms with E-state index in [4.69, 9.17) is 8.74 Å². The van der Waals surface area contributed by atoms with Gasteiger partial charge >= 0.3 is 10.4 Å². The predicted octanol–water partition coefficient (Wildman–Crippen LogP) is 5.29. The van der Waals surface area contributed by atoms with Crippen LogP contribution in [0.15, 0.2) is 23.3 Å². The predicted molar refractivity (Wildman–Crippen MR) is 131 cm³/mol. The first-order valence-corrected chi connectivity index (χ1v) is 14.3. The van der Waals surface area contributed by atoms with Gasteiger partial charge in [-0.3, -0.25) is 9.35 Å². The number of fused-ring (bicyclic) bond motifs is 5. The minimum Gasteiger partial charge on any atom is -0.393 e. The zero-order valence-electron chi connectivity index (χ0n) is 21.3. The minimum absolute atomic E-state index is 0.0716. The molecule has 0 heterocycles. The van der Waals surface area contributed by atoms with E-state index in [-0.39, 0.29) is 22.5 Å². The Morgan fingerprint density at radius 1 is 1.21 bits per heavy atom. The summed E-state index contributed by atoms with van der Waals surface area (Å²) >= 11 is 0. The highest BCUT2D eigenvalue weighted by Gasteiger charge is 2.59. The molecule has 0 saturated heterocycles. The van der Waals surface area contributed by atoms with Gasteiger partial charge in [0, 0.05) is 6.42 Å². The Hall–Kier alpha value is -1.02. The van der Waals surface area contributed by atoms with Gasteiger partial charge in [0.25, 0.3) is 0 Å². The second-order valence-electron chi connectivity index (χ2n) is 12.4. The number of allylic oxidation sites excluding steroid dienone is 4. The van der Waals surface area contributed by atoms with Gasteiger partial charge in [-0.15, -0.1) is 0 Å². The number of carbonyl (C=O) groups is 1. The zero-order chi connectivity index (χ0) is 25.1. The van der Waals surface area contributed by atoms with E-state index < -0.39 is 22.6 Å². The third-order valence-electron chi connectivity index (χ3n) is 9.99. The van der Waals surface area contributed by atoms with Gasteiger partial charge in [0.15, 0.2) is 5.78 Å². The number of aliphatic hydroxyl groups is 1. The monoisotopic (exact) mass is 494 g/mol. The fraction of sp³-hybridized carbons (Fsp3) is 0.815. The molecule has 4 aliphatic carbocycles. The summed E-state index contributed by atoms with van der Waals surface area (Å²) in [5.74, 6) is 1.80. The van der Waals surface area contributed by atoms with Crippen LogP contribution in [0, 0.1) is 40.4 Å². The van der Waals surface area contributed by atoms with Gasteiger partial charge < -0.3 is 5.11 Å². The molecule has 0 aliphatic heterocycles. The normalized spacial score (nSPS) is 42.6. The van der Waals surface area contributed by atoms with E-state index in [2.05, 4.69) is 26.8 Å². The molecule has 6 nitrogen and oxygen atoms in total. The molecule has 0 aromatic carbocycles. The number of ketones is 1. The first kappa shape index (κ1) is 26.1. The molecule has 3 saturated carbocycles. The van der Waals surface area contributed by atoms with Gasteiger partial charge in [-0.25, -0.2) is 4.18 Å². The molecule has 4 aliphatic rings. The Morgan fingerprint density at radius 3 is 2.56 bits per heavy atom. The van der Waals surface area contributed by atoms with E-state index in [0.717, 1.165) is 31.3 Å². The van der Waals surface area contributed by atoms with Crippen LogP contribution in [0.4, 0.5) is 0 Å². The third-order valence-corrected chi connectivity index (χ3v) is 10.5. The molecule has 0 radical (unpaired) electrons. The lowest BCUT2D eigenvalue weighted by atomic mass is 9.47. The maximum absolute atomic E-state index is 12.5. The Kier molecular flexibility index (Phi) is 7.00. The van der Waals surface area contributed by atoms with Crippen molar-refractivity contribution in [3.8, 4) is 0 Å². The highest BCUT2D eigenvalue weighted by atomic mass is 32.3. The summed E-state index contributed by atoms with van der Waals surface area (Å²) in [6, 6.07) is 0. The Balaban J connectivity index is 1.55. The largest absolute Gasteiger partial charge is 0.397 e. The van der Waals surface area contributed by atoms with Crippen LogP contribution in [0.3, 0.4) is 0 Å². The number of rotatable bonds is 6. The van der Waals surface area contributed by atoms with Crippen LogP contribution in [-0.4, -0.2) is 36.1 Å². The van der Waals surface area contributed by atoms with Crippen molar-refractivity contribution in [3.05, 3.63) is 23.3 Å². The summed E-state index contributed by atoms with van der Waals surface area (Å²) in [7, 11) is -4.50. The van der Waals surface area contributed by atoms with Crippen LogP contribution in [0.2, 0.25) is 0 Å². The van der Waals surface area contributed by atoms with Crippen molar-refractivity contribution in [1.29, 1.82) is 0 Å². The van der Waals surface area contributed by atoms with Crippen LogP contribution in [0.5, 0.6) is 0 Å². The van der Waals surface area contributed by atoms with E-state index >= 15 is 0 Å². The summed E-state index contributed by atoms with van der Waals surface area (Å²) < 4.78 is 36.5. The van der Waals surface area contributed by atoms with E-state index in [1.807, 2.05) is 13.8 Å². The van der Waals surface area contributed by atoms with Crippen LogP contribution in [0.1, 0.15) is 86.0 Å². The first-order chi connectivity index (χ1) is 15.7. The van der Waals surface area contributed by atoms with Crippen LogP contribution in [0.25, 0.3) is 0 Å². The number of hydrogen-bond acceptors (Lipinski definition) is 5. The topological polar surface area (TPSA) is 101 Å². The SMILES string of the molecule is CC(C)=CC(=O)C[C@@H](C)[C@H]1CC[C@H]2[C@@H]3C[C@H](O)C4C[C@@H](OS(=O)(=O)O)CC[C@]4(C)C3=CC[C@]12C. The van der Waals surface area contributed by atoms with E-state index in [1.165, 1.54) is 5.57 Å². The Bertz CT molecular complexity index is 979. The van der Waals surface area contributed by atoms with Gasteiger partial charge in [-0.2, -0.15) is 8.42 Å². The second-order valence-corrected chi connectivity index (χ2v) is 13.4. The van der Waals surface area contributed by atoms with E-state index in [0.29, 0.717) is 49.4 Å². The van der Waals surface area contributed by atoms with E-state index in [9.17, 15) is 18.3 Å². The molecule has 0 amide bonds. The van der Waals surface area contributed by atoms with Crippen molar-refractivity contribution in [1.82, 2.24) is 0 Å². The molecule has 1 unspecified atom stereocenters. The molecule has 0 aromatic rings. The summed E-state index contributed by atoms with van der Waals surface area (Å²) in [4.78, 5) is 12.5. The highest BCUT2D eigenvalue weighted by molar-refractivity contribution is 7.80. The summed E-state index contributed by atoms with van der Waals surface area (Å²) in [6.45, 7) is 10.8. The quantitative estimate of drug-likeness (QED) is 0.296. The van der Waals surface area contributed by atoms with Crippen molar-refractivity contribution in [2.45, 2.75) is 98.2 Å². The molecular formula is C27H42O6S. The van der Waals surface area contributed by atoms with Gasteiger partial charge in [0.2, 0.25) is 0 Å². The van der Waals surface area contributed by atoms with Crippen LogP contribution in [-0.2, 0) is 19.4 Å². The maximum atomic E-state index is 12.5. The van der Waals surface area contributed by atoms with Gasteiger partial charge in [-0.05, 0) is 105 Å². The smallest absolute Gasteiger partial charge is 0.393 e. The van der Waals surface area contributed by atoms with Gasteiger partial charge in [0.1, 0.15) is 0 Å². The van der Waals surface area contributed by atoms with Crippen molar-refractivity contribution >= 4 is 16.2 Å². The summed E-state index contributed by atoms with van der Waals surface area (Å²) in [5.41, 5.74) is 2.46. The van der Waals surface area contributed by atoms with Crippen molar-refractivity contribution in [3.63, 3.8) is 0 Å². The second kappa shape index (κ2) is 9.13. The molecular weight excluding hydrogens is 452 g/mol. The lowest BCUT2D eigenvalue weighted by Gasteiger charge is -2.58. The average Bonchev–Trinajstić information content (AvgIpc) is 3.05. The third kappa shape index (κ3) is 4.70. The minimum atomic E-state index is -4.50. The van der Waals surface area contributed by atoms with Gasteiger partial charge in [-0.1, -0.05) is 38.0 Å². The van der Waals surface area contributed by atoms with Gasteiger partial charge in [0.05, 0.1) is 12.2 Å². The highest BCUT2D eigenvalue weighted by Crippen LogP contribution is 2.66. The number of carbonyl (C=O) groups excluding carboxylic acids is 1. The van der Waals surface area contributed by atoms with Crippen molar-refractivity contribution in [2.75, 3.05) is 0 Å². The molecule has 9 atom stereocenters. The average molecular weight is 495 g/mol. The fourth-order valence-corrected chi connectivity index (χ4v) is 9.13. The fourth-order valence-electron chi connectivity index (χ4n) is 8.61. The first-order valence-electron chi connectivity index (χ1n) is 13.0. The van der Waals surface area contributed by atoms with Crippen LogP contribution < -0.4 is 0 Å². The molecule has 4 rings (SSSR count). The lowest BCUT2D eigenvalue weighted by molar-refractivity contribution is -0.116. The van der Waals surface area contributed by atoms with Crippen molar-refractivity contribution < 1.29 is 27.1 Å². The van der Waals surface area contributed by atoms with E-state index in [1.54, 1.807) is 6.08 Å². The molecule has 7 heteroatoms. The Morgan fingerprint density at radius 2 is 1.91 bits per heavy atom. The number of aliphatic hydroxyl groups excluding tert-OH is 1. The van der Waals surface area contributed by atoms with Crippen LogP contribution >= 0.6 is 0 Å².